The first-order valence-electron chi connectivity index (χ1n) is 9.70. The lowest BCUT2D eigenvalue weighted by Gasteiger charge is -2.19. The van der Waals surface area contributed by atoms with Crippen LogP contribution in [0, 0.1) is 0 Å². The topological polar surface area (TPSA) is 112 Å². The molecule has 1 amide bonds. The second kappa shape index (κ2) is 7.31. The van der Waals surface area contributed by atoms with E-state index in [9.17, 15) is 9.59 Å². The molecule has 148 valence electrons. The minimum absolute atomic E-state index is 0.257. The fourth-order valence-corrected chi connectivity index (χ4v) is 3.98. The van der Waals surface area contributed by atoms with E-state index in [0.717, 1.165) is 46.7 Å². The summed E-state index contributed by atoms with van der Waals surface area (Å²) in [5.74, 6) is -0.291. The van der Waals surface area contributed by atoms with Crippen molar-refractivity contribution in [1.82, 2.24) is 20.5 Å². The van der Waals surface area contributed by atoms with E-state index in [-0.39, 0.29) is 11.5 Å². The zero-order valence-electron chi connectivity index (χ0n) is 15.8. The number of H-pyrrole nitrogens is 2. The monoisotopic (exact) mass is 391 g/mol. The Labute approximate surface area is 166 Å². The van der Waals surface area contributed by atoms with Crippen LogP contribution in [-0.2, 0) is 30.7 Å². The molecule has 0 bridgehead atoms. The highest BCUT2D eigenvalue weighted by Crippen LogP contribution is 2.29. The van der Waals surface area contributed by atoms with Crippen LogP contribution in [0.15, 0.2) is 35.1 Å². The molecule has 2 aliphatic heterocycles. The van der Waals surface area contributed by atoms with Gasteiger partial charge in [-0.25, -0.2) is 0 Å². The summed E-state index contributed by atoms with van der Waals surface area (Å²) in [5.41, 5.74) is 6.39. The van der Waals surface area contributed by atoms with Gasteiger partial charge in [-0.15, -0.1) is 0 Å². The first kappa shape index (κ1) is 17.8. The maximum Gasteiger partial charge on any atom is 0.256 e. The number of benzene rings is 1. The molecule has 0 fully saturated rings. The summed E-state index contributed by atoms with van der Waals surface area (Å²) in [6, 6.07) is 8.92. The zero-order valence-corrected chi connectivity index (χ0v) is 15.8. The lowest BCUT2D eigenvalue weighted by atomic mass is 10.0. The van der Waals surface area contributed by atoms with Crippen molar-refractivity contribution in [3.05, 3.63) is 68.8 Å². The van der Waals surface area contributed by atoms with Gasteiger partial charge in [0.2, 0.25) is 5.56 Å². The number of amides is 1. The SMILES string of the molecule is O=C(Nc1cccc(-c2n[nH]c3c2COCC3)c1)c1cc(=O)[nH]c2c1CNCC2. The molecule has 29 heavy (non-hydrogen) atoms. The van der Waals surface area contributed by atoms with E-state index in [1.165, 1.54) is 6.07 Å². The number of hydrogen-bond acceptors (Lipinski definition) is 5. The van der Waals surface area contributed by atoms with Crippen LogP contribution in [0.4, 0.5) is 5.69 Å². The van der Waals surface area contributed by atoms with Crippen LogP contribution in [0.5, 0.6) is 0 Å². The van der Waals surface area contributed by atoms with Crippen LogP contribution < -0.4 is 16.2 Å². The summed E-state index contributed by atoms with van der Waals surface area (Å²) in [7, 11) is 0. The molecular weight excluding hydrogens is 370 g/mol. The Bertz CT molecular complexity index is 1150. The van der Waals surface area contributed by atoms with Gasteiger partial charge in [0, 0.05) is 60.2 Å². The molecule has 0 saturated carbocycles. The summed E-state index contributed by atoms with van der Waals surface area (Å²) in [4.78, 5) is 27.8. The predicted octanol–water partition coefficient (Wildman–Crippen LogP) is 1.74. The first-order chi connectivity index (χ1) is 14.2. The van der Waals surface area contributed by atoms with Gasteiger partial charge in [-0.2, -0.15) is 5.10 Å². The van der Waals surface area contributed by atoms with E-state index in [2.05, 4.69) is 25.8 Å². The standard InChI is InChI=1S/C21H21N5O3/c27-19-9-14(15-10-22-6-4-17(15)24-19)21(28)23-13-3-1-2-12(8-13)20-16-11-29-7-5-18(16)25-26-20/h1-3,8-9,22H,4-7,10-11H2,(H,23,28)(H,24,27)(H,25,26). The van der Waals surface area contributed by atoms with Crippen LogP contribution in [0.2, 0.25) is 0 Å². The molecule has 0 saturated heterocycles. The number of pyridine rings is 1. The smallest absolute Gasteiger partial charge is 0.256 e. The first-order valence-corrected chi connectivity index (χ1v) is 9.70. The van der Waals surface area contributed by atoms with Gasteiger partial charge >= 0.3 is 0 Å². The molecule has 0 spiro atoms. The minimum atomic E-state index is -0.291. The van der Waals surface area contributed by atoms with Gasteiger partial charge in [-0.3, -0.25) is 14.7 Å². The fourth-order valence-electron chi connectivity index (χ4n) is 3.98. The Balaban J connectivity index is 1.44. The van der Waals surface area contributed by atoms with Gasteiger partial charge in [0.1, 0.15) is 0 Å². The molecule has 0 aliphatic carbocycles. The normalized spacial score (nSPS) is 15.4. The highest BCUT2D eigenvalue weighted by atomic mass is 16.5. The molecule has 0 radical (unpaired) electrons. The van der Waals surface area contributed by atoms with Crippen LogP contribution in [0.3, 0.4) is 0 Å². The third kappa shape index (κ3) is 3.37. The van der Waals surface area contributed by atoms with Crippen molar-refractivity contribution in [3.63, 3.8) is 0 Å². The second-order valence-electron chi connectivity index (χ2n) is 7.30. The minimum Gasteiger partial charge on any atom is -0.376 e. The Kier molecular flexibility index (Phi) is 4.49. The van der Waals surface area contributed by atoms with Crippen LogP contribution in [-0.4, -0.2) is 34.2 Å². The van der Waals surface area contributed by atoms with Crippen LogP contribution in [0.25, 0.3) is 11.3 Å². The molecule has 0 atom stereocenters. The van der Waals surface area contributed by atoms with Gasteiger partial charge in [0.25, 0.3) is 5.91 Å². The Hall–Kier alpha value is -3.23. The second-order valence-corrected chi connectivity index (χ2v) is 7.30. The number of aromatic amines is 2. The maximum absolute atomic E-state index is 12.9. The summed E-state index contributed by atoms with van der Waals surface area (Å²) in [6.07, 6.45) is 1.52. The molecule has 2 aromatic heterocycles. The number of nitrogens with one attached hydrogen (secondary N) is 4. The Morgan fingerprint density at radius 2 is 2.07 bits per heavy atom. The summed E-state index contributed by atoms with van der Waals surface area (Å²) in [5, 5.41) is 13.7. The lowest BCUT2D eigenvalue weighted by Crippen LogP contribution is -2.30. The molecule has 0 unspecified atom stereocenters. The van der Waals surface area contributed by atoms with E-state index < -0.39 is 0 Å². The highest BCUT2D eigenvalue weighted by Gasteiger charge is 2.21. The van der Waals surface area contributed by atoms with E-state index >= 15 is 0 Å². The number of rotatable bonds is 3. The van der Waals surface area contributed by atoms with Crippen molar-refractivity contribution < 1.29 is 9.53 Å². The molecule has 8 nitrogen and oxygen atoms in total. The van der Waals surface area contributed by atoms with Crippen molar-refractivity contribution in [3.8, 4) is 11.3 Å². The number of ether oxygens (including phenoxy) is 1. The summed E-state index contributed by atoms with van der Waals surface area (Å²) < 4.78 is 5.56. The fraction of sp³-hybridized carbons (Fsp3) is 0.286. The molecule has 5 rings (SSSR count). The predicted molar refractivity (Wildman–Crippen MR) is 108 cm³/mol. The molecular formula is C21H21N5O3. The number of nitrogens with zero attached hydrogens (tertiary/aromatic N) is 1. The molecule has 8 heteroatoms. The number of anilines is 1. The van der Waals surface area contributed by atoms with Gasteiger partial charge in [-0.1, -0.05) is 12.1 Å². The van der Waals surface area contributed by atoms with E-state index in [1.54, 1.807) is 0 Å². The van der Waals surface area contributed by atoms with Crippen molar-refractivity contribution in [2.45, 2.75) is 26.0 Å². The van der Waals surface area contributed by atoms with Gasteiger partial charge in [0.15, 0.2) is 0 Å². The number of aromatic nitrogens is 3. The lowest BCUT2D eigenvalue weighted by molar-refractivity contribution is 0.102. The maximum atomic E-state index is 12.9. The molecule has 3 aromatic rings. The zero-order chi connectivity index (χ0) is 19.8. The molecule has 2 aliphatic rings. The summed E-state index contributed by atoms with van der Waals surface area (Å²) in [6.45, 7) is 2.58. The van der Waals surface area contributed by atoms with Crippen molar-refractivity contribution in [2.75, 3.05) is 18.5 Å². The number of fused-ring (bicyclic) bond motifs is 2. The highest BCUT2D eigenvalue weighted by molar-refractivity contribution is 6.05. The van der Waals surface area contributed by atoms with Crippen molar-refractivity contribution in [1.29, 1.82) is 0 Å². The Morgan fingerprint density at radius 3 is 3.00 bits per heavy atom. The molecule has 4 heterocycles. The van der Waals surface area contributed by atoms with Gasteiger partial charge in [-0.05, 0) is 17.7 Å². The number of carbonyl (C=O) groups excluding carboxylic acids is 1. The quantitative estimate of drug-likeness (QED) is 0.543. The van der Waals surface area contributed by atoms with Crippen molar-refractivity contribution >= 4 is 11.6 Å². The average molecular weight is 391 g/mol. The largest absolute Gasteiger partial charge is 0.376 e. The van der Waals surface area contributed by atoms with Crippen molar-refractivity contribution in [2.24, 2.45) is 0 Å². The van der Waals surface area contributed by atoms with E-state index in [1.807, 2.05) is 24.3 Å². The van der Waals surface area contributed by atoms with Gasteiger partial charge < -0.3 is 20.4 Å². The average Bonchev–Trinajstić information content (AvgIpc) is 3.17. The van der Waals surface area contributed by atoms with Gasteiger partial charge in [0.05, 0.1) is 24.5 Å². The van der Waals surface area contributed by atoms with Crippen LogP contribution >= 0.6 is 0 Å². The molecule has 4 N–H and O–H groups in total. The molecule has 1 aromatic carbocycles. The number of carbonyl (C=O) groups is 1. The number of hydrogen-bond donors (Lipinski definition) is 4. The Morgan fingerprint density at radius 1 is 1.14 bits per heavy atom. The van der Waals surface area contributed by atoms with Crippen LogP contribution in [0.1, 0.15) is 32.9 Å². The van der Waals surface area contributed by atoms with E-state index in [0.29, 0.717) is 37.4 Å². The summed E-state index contributed by atoms with van der Waals surface area (Å²) >= 11 is 0. The van der Waals surface area contributed by atoms with E-state index in [4.69, 9.17) is 4.74 Å². The third-order valence-electron chi connectivity index (χ3n) is 5.43. The third-order valence-corrected chi connectivity index (χ3v) is 5.43.